The SMILES string of the molecule is S=P(Cl)(Cl)C1=CCCC1. The van der Waals surface area contributed by atoms with Crippen molar-refractivity contribution < 1.29 is 0 Å². The van der Waals surface area contributed by atoms with Crippen LogP contribution in [0.5, 0.6) is 0 Å². The van der Waals surface area contributed by atoms with E-state index in [1.54, 1.807) is 0 Å². The van der Waals surface area contributed by atoms with Crippen molar-refractivity contribution in [2.75, 3.05) is 0 Å². The van der Waals surface area contributed by atoms with Crippen molar-refractivity contribution in [2.24, 2.45) is 0 Å². The van der Waals surface area contributed by atoms with E-state index in [9.17, 15) is 0 Å². The summed E-state index contributed by atoms with van der Waals surface area (Å²) >= 11 is 16.4. The maximum atomic E-state index is 5.76. The summed E-state index contributed by atoms with van der Waals surface area (Å²) in [6.45, 7) is 0. The lowest BCUT2D eigenvalue weighted by Gasteiger charge is -2.03. The highest BCUT2D eigenvalue weighted by molar-refractivity contribution is 8.40. The van der Waals surface area contributed by atoms with Crippen LogP contribution in [-0.4, -0.2) is 0 Å². The topological polar surface area (TPSA) is 0 Å². The molecule has 1 rings (SSSR count). The van der Waals surface area contributed by atoms with Gasteiger partial charge in [-0.25, -0.2) is 0 Å². The van der Waals surface area contributed by atoms with Gasteiger partial charge < -0.3 is 0 Å². The van der Waals surface area contributed by atoms with Crippen LogP contribution in [0.2, 0.25) is 0 Å². The summed E-state index contributed by atoms with van der Waals surface area (Å²) in [5.74, 6) is 0. The molecule has 0 amide bonds. The molecule has 0 heterocycles. The summed E-state index contributed by atoms with van der Waals surface area (Å²) in [6.07, 6.45) is 5.38. The quantitative estimate of drug-likeness (QED) is 0.580. The highest BCUT2D eigenvalue weighted by atomic mass is 35.9. The van der Waals surface area contributed by atoms with Gasteiger partial charge in [0.05, 0.1) is 0 Å². The predicted octanol–water partition coefficient (Wildman–Crippen LogP) is 3.84. The van der Waals surface area contributed by atoms with E-state index >= 15 is 0 Å². The summed E-state index contributed by atoms with van der Waals surface area (Å²) in [7, 11) is 0. The number of rotatable bonds is 1. The molecule has 0 unspecified atom stereocenters. The van der Waals surface area contributed by atoms with E-state index in [0.29, 0.717) is 0 Å². The molecule has 0 aromatic carbocycles. The van der Waals surface area contributed by atoms with Gasteiger partial charge in [-0.05, 0) is 24.6 Å². The molecule has 0 bridgehead atoms. The molecule has 0 saturated carbocycles. The zero-order valence-electron chi connectivity index (χ0n) is 4.81. The average Bonchev–Trinajstić information content (AvgIpc) is 2.08. The van der Waals surface area contributed by atoms with Gasteiger partial charge in [0, 0.05) is 0 Å². The molecule has 0 aliphatic heterocycles. The summed E-state index contributed by atoms with van der Waals surface area (Å²) in [5, 5.41) is 1.11. The van der Waals surface area contributed by atoms with Crippen molar-refractivity contribution in [3.05, 3.63) is 11.4 Å². The first-order chi connectivity index (χ1) is 4.11. The summed E-state index contributed by atoms with van der Waals surface area (Å²) in [4.78, 5) is 0. The van der Waals surface area contributed by atoms with E-state index in [1.165, 1.54) is 6.42 Å². The maximum Gasteiger partial charge on any atom is 0.143 e. The average molecular weight is 201 g/mol. The Bertz CT molecular complexity index is 181. The Morgan fingerprint density at radius 1 is 1.56 bits per heavy atom. The van der Waals surface area contributed by atoms with Crippen molar-refractivity contribution >= 4 is 39.0 Å². The van der Waals surface area contributed by atoms with Crippen molar-refractivity contribution in [1.29, 1.82) is 0 Å². The number of halogens is 2. The van der Waals surface area contributed by atoms with E-state index in [-0.39, 0.29) is 0 Å². The zero-order chi connectivity index (χ0) is 6.91. The second-order valence-corrected chi connectivity index (χ2v) is 9.96. The highest BCUT2D eigenvalue weighted by Gasteiger charge is 2.17. The first-order valence-electron chi connectivity index (χ1n) is 2.79. The fourth-order valence-corrected chi connectivity index (χ4v) is 3.07. The molecule has 9 heavy (non-hydrogen) atoms. The lowest BCUT2D eigenvalue weighted by Crippen LogP contribution is -1.66. The molecule has 0 aromatic rings. The van der Waals surface area contributed by atoms with Gasteiger partial charge in [0.1, 0.15) is 4.74 Å². The minimum absolute atomic E-state index is 1.02. The van der Waals surface area contributed by atoms with E-state index in [0.717, 1.165) is 18.2 Å². The Labute approximate surface area is 69.8 Å². The van der Waals surface area contributed by atoms with Crippen LogP contribution in [0.1, 0.15) is 19.3 Å². The molecule has 52 valence electrons. The van der Waals surface area contributed by atoms with Crippen LogP contribution in [-0.2, 0) is 11.8 Å². The predicted molar refractivity (Wildman–Crippen MR) is 47.9 cm³/mol. The van der Waals surface area contributed by atoms with E-state index in [2.05, 4.69) is 6.08 Å². The molecular weight excluding hydrogens is 194 g/mol. The molecule has 1 aliphatic carbocycles. The summed E-state index contributed by atoms with van der Waals surface area (Å²) < 4.78 is -2.07. The van der Waals surface area contributed by atoms with Crippen LogP contribution in [0.15, 0.2) is 11.4 Å². The number of hydrogen-bond acceptors (Lipinski definition) is 1. The van der Waals surface area contributed by atoms with Gasteiger partial charge in [0.25, 0.3) is 0 Å². The first-order valence-corrected chi connectivity index (χ1v) is 7.41. The Hall–Kier alpha value is 0.970. The van der Waals surface area contributed by atoms with Crippen LogP contribution in [0.3, 0.4) is 0 Å². The molecule has 1 aliphatic rings. The third-order valence-corrected chi connectivity index (χ3v) is 4.43. The minimum Gasteiger partial charge on any atom is -0.0778 e. The van der Waals surface area contributed by atoms with Crippen molar-refractivity contribution in [2.45, 2.75) is 19.3 Å². The third kappa shape index (κ3) is 2.23. The van der Waals surface area contributed by atoms with Crippen LogP contribution in [0.25, 0.3) is 0 Å². The lowest BCUT2D eigenvalue weighted by molar-refractivity contribution is 0.924. The van der Waals surface area contributed by atoms with Crippen molar-refractivity contribution in [1.82, 2.24) is 0 Å². The van der Waals surface area contributed by atoms with Crippen LogP contribution in [0.4, 0.5) is 0 Å². The third-order valence-electron chi connectivity index (χ3n) is 1.35. The minimum atomic E-state index is -2.07. The standard InChI is InChI=1S/C5H7Cl2PS/c6-8(7,9)5-3-1-2-4-5/h3H,1-2,4H2. The van der Waals surface area contributed by atoms with Crippen LogP contribution < -0.4 is 0 Å². The lowest BCUT2D eigenvalue weighted by atomic mass is 10.4. The Balaban J connectivity index is 2.73. The molecule has 0 spiro atoms. The molecule has 0 atom stereocenters. The van der Waals surface area contributed by atoms with Gasteiger partial charge in [0.2, 0.25) is 0 Å². The second kappa shape index (κ2) is 2.92. The molecule has 4 heteroatoms. The monoisotopic (exact) mass is 200 g/mol. The molecular formula is C5H7Cl2PS. The number of hydrogen-bond donors (Lipinski definition) is 0. The van der Waals surface area contributed by atoms with Gasteiger partial charge in [0.15, 0.2) is 0 Å². The number of allylic oxidation sites excluding steroid dienone is 2. The Morgan fingerprint density at radius 2 is 2.22 bits per heavy atom. The largest absolute Gasteiger partial charge is 0.143 e. The fourth-order valence-electron chi connectivity index (χ4n) is 0.890. The first kappa shape index (κ1) is 8.07. The molecule has 0 nitrogen and oxygen atoms in total. The van der Waals surface area contributed by atoms with Gasteiger partial charge in [-0.15, -0.1) is 0 Å². The second-order valence-electron chi connectivity index (χ2n) is 2.05. The van der Waals surface area contributed by atoms with Crippen molar-refractivity contribution in [3.8, 4) is 0 Å². The summed E-state index contributed by atoms with van der Waals surface area (Å²) in [5.41, 5.74) is 0. The van der Waals surface area contributed by atoms with Crippen LogP contribution in [0, 0.1) is 0 Å². The zero-order valence-corrected chi connectivity index (χ0v) is 8.03. The smallest absolute Gasteiger partial charge is 0.0778 e. The van der Waals surface area contributed by atoms with Crippen LogP contribution >= 0.6 is 27.2 Å². The van der Waals surface area contributed by atoms with Gasteiger partial charge >= 0.3 is 0 Å². The fraction of sp³-hybridized carbons (Fsp3) is 0.600. The molecule has 0 saturated heterocycles. The van der Waals surface area contributed by atoms with E-state index in [4.69, 9.17) is 34.3 Å². The van der Waals surface area contributed by atoms with Gasteiger partial charge in [-0.2, -0.15) is 0 Å². The highest BCUT2D eigenvalue weighted by Crippen LogP contribution is 2.66. The van der Waals surface area contributed by atoms with E-state index < -0.39 is 4.74 Å². The summed E-state index contributed by atoms with van der Waals surface area (Å²) in [6, 6.07) is 0. The van der Waals surface area contributed by atoms with Gasteiger partial charge in [-0.3, -0.25) is 0 Å². The normalized spacial score (nSPS) is 20.0. The molecule has 0 aromatic heterocycles. The van der Waals surface area contributed by atoms with Crippen molar-refractivity contribution in [3.63, 3.8) is 0 Å². The van der Waals surface area contributed by atoms with Gasteiger partial charge in [-0.1, -0.05) is 40.4 Å². The molecule has 0 fully saturated rings. The van der Waals surface area contributed by atoms with E-state index in [1.807, 2.05) is 0 Å². The molecule has 0 radical (unpaired) electrons. The Morgan fingerprint density at radius 3 is 2.44 bits per heavy atom. The Kier molecular flexibility index (Phi) is 2.62. The maximum absolute atomic E-state index is 5.76. The molecule has 0 N–H and O–H groups in total.